The second-order valence-electron chi connectivity index (χ2n) is 7.11. The van der Waals surface area contributed by atoms with E-state index in [-0.39, 0.29) is 12.5 Å². The largest absolute Gasteiger partial charge is 0.454 e. The highest BCUT2D eigenvalue weighted by molar-refractivity contribution is 7.17. The van der Waals surface area contributed by atoms with Gasteiger partial charge in [0, 0.05) is 17.8 Å². The summed E-state index contributed by atoms with van der Waals surface area (Å²) in [6.07, 6.45) is 6.78. The van der Waals surface area contributed by atoms with E-state index in [4.69, 9.17) is 10.5 Å². The molecule has 3 rings (SSSR count). The Labute approximate surface area is 167 Å². The van der Waals surface area contributed by atoms with Gasteiger partial charge in [0.05, 0.1) is 5.56 Å². The standard InChI is InChI=1S/C19H25N3O5S/c20-18(26)17-12-6-3-4-7-13(12)28-19(17)21-14(23)11-27-16(25)10-22-9-5-1-2-8-15(22)24/h1-11H2,(H2,20,26)(H,21,23). The van der Waals surface area contributed by atoms with Crippen LogP contribution in [-0.4, -0.2) is 48.3 Å². The third-order valence-electron chi connectivity index (χ3n) is 5.03. The summed E-state index contributed by atoms with van der Waals surface area (Å²) in [6, 6.07) is 0. The summed E-state index contributed by atoms with van der Waals surface area (Å²) in [6.45, 7) is -0.0869. The van der Waals surface area contributed by atoms with Gasteiger partial charge in [0.1, 0.15) is 11.5 Å². The number of amides is 3. The van der Waals surface area contributed by atoms with E-state index < -0.39 is 24.4 Å². The zero-order valence-electron chi connectivity index (χ0n) is 15.8. The van der Waals surface area contributed by atoms with Crippen LogP contribution in [0.2, 0.25) is 0 Å². The summed E-state index contributed by atoms with van der Waals surface area (Å²) < 4.78 is 5.01. The van der Waals surface area contributed by atoms with Gasteiger partial charge in [-0.3, -0.25) is 19.2 Å². The summed E-state index contributed by atoms with van der Waals surface area (Å²) >= 11 is 1.36. The van der Waals surface area contributed by atoms with E-state index >= 15 is 0 Å². The van der Waals surface area contributed by atoms with Gasteiger partial charge in [0.2, 0.25) is 5.91 Å². The number of carbonyl (C=O) groups is 4. The normalized spacial score (nSPS) is 16.9. The number of fused-ring (bicyclic) bond motifs is 1. The van der Waals surface area contributed by atoms with Crippen LogP contribution in [0.1, 0.15) is 59.3 Å². The Hall–Kier alpha value is -2.42. The Bertz CT molecular complexity index is 789. The number of thiophene rings is 1. The van der Waals surface area contributed by atoms with Crippen molar-refractivity contribution in [1.82, 2.24) is 4.90 Å². The highest BCUT2D eigenvalue weighted by Crippen LogP contribution is 2.37. The summed E-state index contributed by atoms with van der Waals surface area (Å²) in [5, 5.41) is 3.07. The Balaban J connectivity index is 1.54. The number of anilines is 1. The van der Waals surface area contributed by atoms with Gasteiger partial charge < -0.3 is 20.7 Å². The van der Waals surface area contributed by atoms with Crippen LogP contribution < -0.4 is 11.1 Å². The average molecular weight is 407 g/mol. The van der Waals surface area contributed by atoms with Crippen molar-refractivity contribution < 1.29 is 23.9 Å². The molecule has 0 saturated carbocycles. The minimum atomic E-state index is -0.619. The van der Waals surface area contributed by atoms with Gasteiger partial charge in [-0.25, -0.2) is 0 Å². The van der Waals surface area contributed by atoms with Gasteiger partial charge in [-0.1, -0.05) is 6.42 Å². The number of likely N-dealkylation sites (tertiary alicyclic amines) is 1. The Morgan fingerprint density at radius 2 is 1.82 bits per heavy atom. The molecule has 1 aliphatic carbocycles. The van der Waals surface area contributed by atoms with Gasteiger partial charge in [0.15, 0.2) is 6.61 Å². The van der Waals surface area contributed by atoms with Crippen LogP contribution in [0.4, 0.5) is 5.00 Å². The number of ether oxygens (including phenoxy) is 1. The number of rotatable bonds is 6. The minimum Gasteiger partial charge on any atom is -0.454 e. The van der Waals surface area contributed by atoms with Gasteiger partial charge in [-0.05, 0) is 44.1 Å². The predicted molar refractivity (Wildman–Crippen MR) is 104 cm³/mol. The summed E-state index contributed by atoms with van der Waals surface area (Å²) in [5.41, 5.74) is 6.80. The smallest absolute Gasteiger partial charge is 0.326 e. The molecular formula is C19H25N3O5S. The molecule has 28 heavy (non-hydrogen) atoms. The van der Waals surface area contributed by atoms with Crippen LogP contribution in [0.15, 0.2) is 0 Å². The third kappa shape index (κ3) is 4.89. The van der Waals surface area contributed by atoms with Crippen molar-refractivity contribution in [2.45, 2.75) is 51.4 Å². The number of esters is 1. The number of carbonyl (C=O) groups excluding carboxylic acids is 4. The maximum absolute atomic E-state index is 12.2. The molecule has 2 aliphatic rings. The molecular weight excluding hydrogens is 382 g/mol. The molecule has 1 aromatic rings. The first-order chi connectivity index (χ1) is 13.5. The Morgan fingerprint density at radius 3 is 2.61 bits per heavy atom. The van der Waals surface area contributed by atoms with Gasteiger partial charge >= 0.3 is 5.97 Å². The third-order valence-corrected chi connectivity index (χ3v) is 6.23. The lowest BCUT2D eigenvalue weighted by Gasteiger charge is -2.19. The first kappa shape index (κ1) is 20.3. The maximum Gasteiger partial charge on any atom is 0.326 e. The molecule has 0 aromatic carbocycles. The number of primary amides is 1. The minimum absolute atomic E-state index is 0.0610. The van der Waals surface area contributed by atoms with E-state index in [2.05, 4.69) is 5.32 Å². The monoisotopic (exact) mass is 407 g/mol. The van der Waals surface area contributed by atoms with E-state index in [0.29, 0.717) is 23.5 Å². The van der Waals surface area contributed by atoms with Crippen molar-refractivity contribution in [2.24, 2.45) is 5.73 Å². The molecule has 0 spiro atoms. The maximum atomic E-state index is 12.2. The highest BCUT2D eigenvalue weighted by atomic mass is 32.1. The SMILES string of the molecule is NC(=O)c1c(NC(=O)COC(=O)CN2CCCCCC2=O)sc2c1CCCC2. The topological polar surface area (TPSA) is 119 Å². The lowest BCUT2D eigenvalue weighted by atomic mass is 9.95. The first-order valence-electron chi connectivity index (χ1n) is 9.63. The van der Waals surface area contributed by atoms with Crippen molar-refractivity contribution in [3.05, 3.63) is 16.0 Å². The molecule has 8 nitrogen and oxygen atoms in total. The van der Waals surface area contributed by atoms with E-state index in [9.17, 15) is 19.2 Å². The molecule has 1 saturated heterocycles. The zero-order chi connectivity index (χ0) is 20.1. The molecule has 2 heterocycles. The van der Waals surface area contributed by atoms with Gasteiger partial charge in [-0.15, -0.1) is 11.3 Å². The van der Waals surface area contributed by atoms with Crippen LogP contribution in [0.5, 0.6) is 0 Å². The molecule has 9 heteroatoms. The number of hydrogen-bond acceptors (Lipinski definition) is 6. The van der Waals surface area contributed by atoms with E-state index in [1.165, 1.54) is 16.2 Å². The van der Waals surface area contributed by atoms with E-state index in [1.807, 2.05) is 0 Å². The number of hydrogen-bond donors (Lipinski definition) is 2. The van der Waals surface area contributed by atoms with Crippen LogP contribution >= 0.6 is 11.3 Å². The van der Waals surface area contributed by atoms with E-state index in [0.717, 1.165) is 55.4 Å². The van der Waals surface area contributed by atoms with Crippen molar-refractivity contribution in [3.63, 3.8) is 0 Å². The van der Waals surface area contributed by atoms with Gasteiger partial charge in [0.25, 0.3) is 11.8 Å². The molecule has 1 aromatic heterocycles. The molecule has 0 atom stereocenters. The van der Waals surface area contributed by atoms with Crippen molar-refractivity contribution in [2.75, 3.05) is 25.0 Å². The predicted octanol–water partition coefficient (Wildman–Crippen LogP) is 1.61. The fourth-order valence-electron chi connectivity index (χ4n) is 3.63. The fourth-order valence-corrected chi connectivity index (χ4v) is 4.94. The molecule has 1 fully saturated rings. The quantitative estimate of drug-likeness (QED) is 0.695. The number of nitrogens with zero attached hydrogens (tertiary/aromatic N) is 1. The Morgan fingerprint density at radius 1 is 1.07 bits per heavy atom. The molecule has 0 unspecified atom stereocenters. The Kier molecular flexibility index (Phi) is 6.66. The highest BCUT2D eigenvalue weighted by Gasteiger charge is 2.25. The number of nitrogens with one attached hydrogen (secondary N) is 1. The summed E-state index contributed by atoms with van der Waals surface area (Å²) in [5.74, 6) is -1.77. The zero-order valence-corrected chi connectivity index (χ0v) is 16.6. The van der Waals surface area contributed by atoms with Crippen LogP contribution in [0.3, 0.4) is 0 Å². The number of nitrogens with two attached hydrogens (primary N) is 1. The molecule has 0 bridgehead atoms. The average Bonchev–Trinajstić information content (AvgIpc) is 2.90. The van der Waals surface area contributed by atoms with Crippen molar-refractivity contribution >= 4 is 40.0 Å². The van der Waals surface area contributed by atoms with Crippen LogP contribution in [0, 0.1) is 0 Å². The lowest BCUT2D eigenvalue weighted by molar-refractivity contribution is -0.151. The second-order valence-corrected chi connectivity index (χ2v) is 8.22. The molecule has 1 aliphatic heterocycles. The molecule has 3 N–H and O–H groups in total. The van der Waals surface area contributed by atoms with E-state index in [1.54, 1.807) is 0 Å². The van der Waals surface area contributed by atoms with Crippen LogP contribution in [0.25, 0.3) is 0 Å². The second kappa shape index (κ2) is 9.18. The fraction of sp³-hybridized carbons (Fsp3) is 0.579. The summed E-state index contributed by atoms with van der Waals surface area (Å²) in [4.78, 5) is 50.5. The van der Waals surface area contributed by atoms with Gasteiger partial charge in [-0.2, -0.15) is 0 Å². The lowest BCUT2D eigenvalue weighted by Crippen LogP contribution is -2.36. The molecule has 152 valence electrons. The summed E-state index contributed by atoms with van der Waals surface area (Å²) in [7, 11) is 0. The van der Waals surface area contributed by atoms with Crippen molar-refractivity contribution in [1.29, 1.82) is 0 Å². The molecule has 0 radical (unpaired) electrons. The molecule has 3 amide bonds. The van der Waals surface area contributed by atoms with Crippen molar-refractivity contribution in [3.8, 4) is 0 Å². The van der Waals surface area contributed by atoms with Crippen LogP contribution in [-0.2, 0) is 32.0 Å². The number of aryl methyl sites for hydroxylation is 1. The first-order valence-corrected chi connectivity index (χ1v) is 10.4.